The number of carbonyl (C=O) groups is 1. The van der Waals surface area contributed by atoms with Crippen LogP contribution in [0.1, 0.15) is 15.9 Å². The number of hydrogen-bond donors (Lipinski definition) is 0. The molecular formula is C13H10F3N3O4. The molecule has 10 heteroatoms. The van der Waals surface area contributed by atoms with Crippen LogP contribution in [0, 0.1) is 21.4 Å². The average molecular weight is 329 g/mol. The molecule has 0 N–H and O–H groups in total. The molecule has 1 amide bonds. The molecule has 0 spiro atoms. The first-order chi connectivity index (χ1) is 10.7. The Kier molecular flexibility index (Phi) is 4.51. The molecule has 1 aromatic rings. The van der Waals surface area contributed by atoms with Crippen molar-refractivity contribution >= 4 is 11.6 Å². The van der Waals surface area contributed by atoms with Gasteiger partial charge in [-0.3, -0.25) is 14.9 Å². The molecule has 1 aliphatic rings. The van der Waals surface area contributed by atoms with E-state index < -0.39 is 39.9 Å². The Hall–Kier alpha value is -2.67. The number of morpholine rings is 1. The summed E-state index contributed by atoms with van der Waals surface area (Å²) >= 11 is 0. The largest absolute Gasteiger partial charge is 0.416 e. The molecule has 1 aliphatic heterocycles. The predicted octanol–water partition coefficient (Wildman–Crippen LogP) is 1.98. The van der Waals surface area contributed by atoms with Gasteiger partial charge in [0.1, 0.15) is 6.04 Å². The molecule has 0 aliphatic carbocycles. The maximum atomic E-state index is 12.8. The summed E-state index contributed by atoms with van der Waals surface area (Å²) in [7, 11) is 0. The molecule has 1 fully saturated rings. The number of ether oxygens (including phenoxy) is 1. The third-order valence-corrected chi connectivity index (χ3v) is 3.24. The van der Waals surface area contributed by atoms with E-state index in [0.717, 1.165) is 11.0 Å². The first-order valence-electron chi connectivity index (χ1n) is 6.39. The van der Waals surface area contributed by atoms with Crippen LogP contribution in [-0.4, -0.2) is 41.5 Å². The van der Waals surface area contributed by atoms with Crippen LogP contribution in [0.25, 0.3) is 0 Å². The summed E-state index contributed by atoms with van der Waals surface area (Å²) in [4.78, 5) is 23.2. The van der Waals surface area contributed by atoms with Crippen LogP contribution in [0.3, 0.4) is 0 Å². The van der Waals surface area contributed by atoms with Crippen LogP contribution in [-0.2, 0) is 10.9 Å². The van der Waals surface area contributed by atoms with Crippen LogP contribution in [0.15, 0.2) is 18.2 Å². The van der Waals surface area contributed by atoms with E-state index in [4.69, 9.17) is 10.00 Å². The van der Waals surface area contributed by atoms with Crippen molar-refractivity contribution in [1.82, 2.24) is 4.90 Å². The number of hydrogen-bond acceptors (Lipinski definition) is 5. The molecule has 1 saturated heterocycles. The highest BCUT2D eigenvalue weighted by molar-refractivity contribution is 5.95. The first-order valence-corrected chi connectivity index (χ1v) is 6.39. The molecule has 1 aromatic carbocycles. The van der Waals surface area contributed by atoms with Crippen LogP contribution in [0.4, 0.5) is 18.9 Å². The Morgan fingerprint density at radius 1 is 1.43 bits per heavy atom. The molecule has 1 atom stereocenters. The second-order valence-electron chi connectivity index (χ2n) is 4.74. The number of nitro groups is 1. The van der Waals surface area contributed by atoms with Gasteiger partial charge in [-0.15, -0.1) is 0 Å². The normalized spacial score (nSPS) is 18.3. The van der Waals surface area contributed by atoms with E-state index in [2.05, 4.69) is 0 Å². The molecule has 1 heterocycles. The SMILES string of the molecule is N#CC1COCCN1C(=O)c1cc([N+](=O)[O-])cc(C(F)(F)F)c1. The summed E-state index contributed by atoms with van der Waals surface area (Å²) in [5.74, 6) is -0.881. The average Bonchev–Trinajstić information content (AvgIpc) is 2.52. The van der Waals surface area contributed by atoms with Crippen LogP contribution >= 0.6 is 0 Å². The molecule has 7 nitrogen and oxygen atoms in total. The fraction of sp³-hybridized carbons (Fsp3) is 0.385. The third kappa shape index (κ3) is 3.57. The number of nitro benzene ring substituents is 1. The second-order valence-corrected chi connectivity index (χ2v) is 4.74. The lowest BCUT2D eigenvalue weighted by atomic mass is 10.1. The van der Waals surface area contributed by atoms with Gasteiger partial charge in [-0.25, -0.2) is 0 Å². The molecule has 23 heavy (non-hydrogen) atoms. The summed E-state index contributed by atoms with van der Waals surface area (Å²) in [5, 5.41) is 19.8. The van der Waals surface area contributed by atoms with Gasteiger partial charge in [-0.2, -0.15) is 18.4 Å². The summed E-state index contributed by atoms with van der Waals surface area (Å²) in [6.07, 6.45) is -4.83. The summed E-state index contributed by atoms with van der Waals surface area (Å²) < 4.78 is 43.5. The van der Waals surface area contributed by atoms with Gasteiger partial charge in [0, 0.05) is 24.2 Å². The van der Waals surface area contributed by atoms with Gasteiger partial charge in [0.25, 0.3) is 11.6 Å². The number of halogens is 3. The number of benzene rings is 1. The van der Waals surface area contributed by atoms with Crippen LogP contribution < -0.4 is 0 Å². The van der Waals surface area contributed by atoms with Crippen LogP contribution in [0.2, 0.25) is 0 Å². The standard InChI is InChI=1S/C13H10F3N3O4/c14-13(15,16)9-3-8(4-10(5-9)19(21)22)12(20)18-1-2-23-7-11(18)6-17/h3-5,11H,1-2,7H2. The minimum absolute atomic E-state index is 0.0150. The van der Waals surface area contributed by atoms with Gasteiger partial charge >= 0.3 is 6.18 Å². The minimum atomic E-state index is -4.83. The quantitative estimate of drug-likeness (QED) is 0.610. The Bertz CT molecular complexity index is 684. The van der Waals surface area contributed by atoms with Crippen molar-refractivity contribution in [3.05, 3.63) is 39.4 Å². The van der Waals surface area contributed by atoms with Crippen molar-refractivity contribution in [2.45, 2.75) is 12.2 Å². The number of nitrogens with zero attached hydrogens (tertiary/aromatic N) is 3. The van der Waals surface area contributed by atoms with E-state index in [9.17, 15) is 28.1 Å². The highest BCUT2D eigenvalue weighted by Gasteiger charge is 2.35. The number of amides is 1. The molecule has 0 bridgehead atoms. The van der Waals surface area contributed by atoms with E-state index in [-0.39, 0.29) is 19.8 Å². The number of nitriles is 1. The van der Waals surface area contributed by atoms with Crippen molar-refractivity contribution in [1.29, 1.82) is 5.26 Å². The molecule has 1 unspecified atom stereocenters. The number of alkyl halides is 3. The Morgan fingerprint density at radius 3 is 2.70 bits per heavy atom. The van der Waals surface area contributed by atoms with E-state index in [0.29, 0.717) is 12.1 Å². The smallest absolute Gasteiger partial charge is 0.376 e. The van der Waals surface area contributed by atoms with Crippen molar-refractivity contribution in [2.75, 3.05) is 19.8 Å². The molecule has 122 valence electrons. The summed E-state index contributed by atoms with van der Waals surface area (Å²) in [6, 6.07) is 2.52. The monoisotopic (exact) mass is 329 g/mol. The van der Waals surface area contributed by atoms with E-state index >= 15 is 0 Å². The fourth-order valence-corrected chi connectivity index (χ4v) is 2.12. The number of carbonyl (C=O) groups excluding carboxylic acids is 1. The Labute approximate surface area is 128 Å². The highest BCUT2D eigenvalue weighted by Crippen LogP contribution is 2.33. The maximum absolute atomic E-state index is 12.8. The van der Waals surface area contributed by atoms with Crippen molar-refractivity contribution in [3.63, 3.8) is 0 Å². The van der Waals surface area contributed by atoms with E-state index in [1.54, 1.807) is 0 Å². The maximum Gasteiger partial charge on any atom is 0.416 e. The van der Waals surface area contributed by atoms with E-state index in [1.807, 2.05) is 6.07 Å². The minimum Gasteiger partial charge on any atom is -0.376 e. The molecule has 0 saturated carbocycles. The topological polar surface area (TPSA) is 96.5 Å². The van der Waals surface area contributed by atoms with Crippen LogP contribution in [0.5, 0.6) is 0 Å². The van der Waals surface area contributed by atoms with Gasteiger partial charge in [0.2, 0.25) is 0 Å². The van der Waals surface area contributed by atoms with Crippen molar-refractivity contribution in [2.24, 2.45) is 0 Å². The molecule has 2 rings (SSSR count). The van der Waals surface area contributed by atoms with E-state index in [1.165, 1.54) is 0 Å². The number of non-ortho nitro benzene ring substituents is 1. The molecular weight excluding hydrogens is 319 g/mol. The summed E-state index contributed by atoms with van der Waals surface area (Å²) in [5.41, 5.74) is -2.63. The third-order valence-electron chi connectivity index (χ3n) is 3.24. The van der Waals surface area contributed by atoms with Gasteiger partial charge in [0.15, 0.2) is 0 Å². The zero-order valence-electron chi connectivity index (χ0n) is 11.5. The summed E-state index contributed by atoms with van der Waals surface area (Å²) in [6.45, 7) is 0.0787. The Morgan fingerprint density at radius 2 is 2.13 bits per heavy atom. The zero-order valence-corrected chi connectivity index (χ0v) is 11.5. The van der Waals surface area contributed by atoms with Gasteiger partial charge in [-0.05, 0) is 6.07 Å². The first kappa shape index (κ1) is 16.7. The van der Waals surface area contributed by atoms with Crippen molar-refractivity contribution in [3.8, 4) is 6.07 Å². The lowest BCUT2D eigenvalue weighted by Gasteiger charge is -2.31. The van der Waals surface area contributed by atoms with Crippen molar-refractivity contribution < 1.29 is 27.6 Å². The molecule has 0 radical (unpaired) electrons. The number of rotatable bonds is 2. The predicted molar refractivity (Wildman–Crippen MR) is 69.4 cm³/mol. The van der Waals surface area contributed by atoms with Gasteiger partial charge in [-0.1, -0.05) is 0 Å². The lowest BCUT2D eigenvalue weighted by Crippen LogP contribution is -2.48. The highest BCUT2D eigenvalue weighted by atomic mass is 19.4. The van der Waals surface area contributed by atoms with Gasteiger partial charge < -0.3 is 9.64 Å². The zero-order chi connectivity index (χ0) is 17.2. The second kappa shape index (κ2) is 6.21. The lowest BCUT2D eigenvalue weighted by molar-refractivity contribution is -0.385. The molecule has 0 aromatic heterocycles. The fourth-order valence-electron chi connectivity index (χ4n) is 2.12. The Balaban J connectivity index is 2.45. The van der Waals surface area contributed by atoms with Gasteiger partial charge in [0.05, 0.1) is 29.8 Å².